The molecule has 1 heterocycles. The predicted molar refractivity (Wildman–Crippen MR) is 90.4 cm³/mol. The lowest BCUT2D eigenvalue weighted by atomic mass is 10.1. The molecule has 0 spiro atoms. The highest BCUT2D eigenvalue weighted by atomic mass is 35.5. The number of nitrogens with zero attached hydrogens (tertiary/aromatic N) is 2. The molecule has 0 unspecified atom stereocenters. The third-order valence-electron chi connectivity index (χ3n) is 3.32. The summed E-state index contributed by atoms with van der Waals surface area (Å²) in [4.78, 5) is 11.8. The van der Waals surface area contributed by atoms with Gasteiger partial charge in [-0.2, -0.15) is 5.10 Å². The van der Waals surface area contributed by atoms with Crippen LogP contribution >= 0.6 is 23.2 Å². The third-order valence-corrected chi connectivity index (χ3v) is 3.90. The van der Waals surface area contributed by atoms with Crippen molar-refractivity contribution in [2.75, 3.05) is 7.11 Å². The molecule has 116 valence electrons. The summed E-state index contributed by atoms with van der Waals surface area (Å²) < 4.78 is 6.38. The van der Waals surface area contributed by atoms with E-state index in [0.717, 1.165) is 11.3 Å². The van der Waals surface area contributed by atoms with Crippen LogP contribution in [0.25, 0.3) is 16.9 Å². The van der Waals surface area contributed by atoms with Crippen LogP contribution in [0.3, 0.4) is 0 Å². The molecule has 0 amide bonds. The van der Waals surface area contributed by atoms with Crippen LogP contribution in [0.1, 0.15) is 10.5 Å². The summed E-state index contributed by atoms with van der Waals surface area (Å²) in [6.07, 6.45) is 0. The van der Waals surface area contributed by atoms with Crippen LogP contribution in [0.5, 0.6) is 0 Å². The Bertz CT molecular complexity index is 857. The van der Waals surface area contributed by atoms with Gasteiger partial charge in [0, 0.05) is 10.6 Å². The molecule has 23 heavy (non-hydrogen) atoms. The van der Waals surface area contributed by atoms with Crippen LogP contribution < -0.4 is 0 Å². The first-order valence-corrected chi connectivity index (χ1v) is 7.55. The van der Waals surface area contributed by atoms with Crippen LogP contribution in [0.4, 0.5) is 0 Å². The Kier molecular flexibility index (Phi) is 4.37. The van der Waals surface area contributed by atoms with Crippen molar-refractivity contribution in [3.8, 4) is 16.9 Å². The molecule has 0 aliphatic heterocycles. The first-order chi connectivity index (χ1) is 11.1. The second kappa shape index (κ2) is 6.44. The number of hydrogen-bond donors (Lipinski definition) is 0. The SMILES string of the molecule is COC(=O)c1cc(-c2ccc(Cl)cc2)n(-c2ccccc2Cl)n1. The Balaban J connectivity index is 2.21. The third kappa shape index (κ3) is 3.09. The normalized spacial score (nSPS) is 10.6. The fourth-order valence-electron chi connectivity index (χ4n) is 2.22. The second-order valence-electron chi connectivity index (χ2n) is 4.78. The average molecular weight is 347 g/mol. The van der Waals surface area contributed by atoms with Gasteiger partial charge >= 0.3 is 5.97 Å². The van der Waals surface area contributed by atoms with Crippen molar-refractivity contribution in [3.63, 3.8) is 0 Å². The highest BCUT2D eigenvalue weighted by molar-refractivity contribution is 6.32. The van der Waals surface area contributed by atoms with E-state index in [1.54, 1.807) is 28.9 Å². The minimum absolute atomic E-state index is 0.206. The van der Waals surface area contributed by atoms with E-state index in [1.165, 1.54) is 7.11 Å². The second-order valence-corrected chi connectivity index (χ2v) is 5.62. The molecular weight excluding hydrogens is 335 g/mol. The number of carbonyl (C=O) groups is 1. The largest absolute Gasteiger partial charge is 0.464 e. The van der Waals surface area contributed by atoms with Crippen molar-refractivity contribution >= 4 is 29.2 Å². The molecule has 0 aliphatic rings. The van der Waals surface area contributed by atoms with E-state index in [-0.39, 0.29) is 5.69 Å². The molecule has 0 bridgehead atoms. The predicted octanol–water partition coefficient (Wildman–Crippen LogP) is 4.63. The Labute approximate surface area is 143 Å². The molecule has 0 fully saturated rings. The van der Waals surface area contributed by atoms with Crippen molar-refractivity contribution in [3.05, 3.63) is 70.3 Å². The fraction of sp³-hybridized carbons (Fsp3) is 0.0588. The number of halogens is 2. The van der Waals surface area contributed by atoms with E-state index < -0.39 is 5.97 Å². The first-order valence-electron chi connectivity index (χ1n) is 6.79. The number of aromatic nitrogens is 2. The number of hydrogen-bond acceptors (Lipinski definition) is 3. The number of para-hydroxylation sites is 1. The van der Waals surface area contributed by atoms with Gasteiger partial charge in [0.1, 0.15) is 0 Å². The monoisotopic (exact) mass is 346 g/mol. The first kappa shape index (κ1) is 15.6. The summed E-state index contributed by atoms with van der Waals surface area (Å²) in [5.74, 6) is -0.508. The van der Waals surface area contributed by atoms with Gasteiger partial charge in [0.15, 0.2) is 5.69 Å². The maximum Gasteiger partial charge on any atom is 0.358 e. The molecule has 3 rings (SSSR count). The van der Waals surface area contributed by atoms with Crippen LogP contribution in [0.2, 0.25) is 10.0 Å². The number of ether oxygens (including phenoxy) is 1. The number of esters is 1. The van der Waals surface area contributed by atoms with E-state index in [4.69, 9.17) is 27.9 Å². The topological polar surface area (TPSA) is 44.1 Å². The molecule has 4 nitrogen and oxygen atoms in total. The number of rotatable bonds is 3. The number of methoxy groups -OCH3 is 1. The summed E-state index contributed by atoms with van der Waals surface area (Å²) in [6, 6.07) is 16.2. The Morgan fingerprint density at radius 3 is 2.43 bits per heavy atom. The maximum absolute atomic E-state index is 11.8. The van der Waals surface area contributed by atoms with Gasteiger partial charge in [0.2, 0.25) is 0 Å². The lowest BCUT2D eigenvalue weighted by Gasteiger charge is -2.09. The highest BCUT2D eigenvalue weighted by Crippen LogP contribution is 2.28. The van der Waals surface area contributed by atoms with Gasteiger partial charge in [-0.25, -0.2) is 9.48 Å². The van der Waals surface area contributed by atoms with Gasteiger partial charge in [0.25, 0.3) is 0 Å². The van der Waals surface area contributed by atoms with E-state index in [0.29, 0.717) is 15.7 Å². The zero-order chi connectivity index (χ0) is 16.4. The zero-order valence-corrected chi connectivity index (χ0v) is 13.7. The van der Waals surface area contributed by atoms with Crippen LogP contribution in [-0.4, -0.2) is 22.9 Å². The molecule has 0 saturated heterocycles. The van der Waals surface area contributed by atoms with Gasteiger partial charge < -0.3 is 4.74 Å². The lowest BCUT2D eigenvalue weighted by molar-refractivity contribution is 0.0593. The molecular formula is C17H12Cl2N2O2. The van der Waals surface area contributed by atoms with Crippen molar-refractivity contribution < 1.29 is 9.53 Å². The van der Waals surface area contributed by atoms with E-state index >= 15 is 0 Å². The highest BCUT2D eigenvalue weighted by Gasteiger charge is 2.18. The van der Waals surface area contributed by atoms with E-state index in [1.807, 2.05) is 30.3 Å². The minimum Gasteiger partial charge on any atom is -0.464 e. The lowest BCUT2D eigenvalue weighted by Crippen LogP contribution is -2.04. The summed E-state index contributed by atoms with van der Waals surface area (Å²) >= 11 is 12.2. The number of carbonyl (C=O) groups excluding carboxylic acids is 1. The Hall–Kier alpha value is -2.30. The molecule has 0 saturated carbocycles. The van der Waals surface area contributed by atoms with Gasteiger partial charge in [-0.1, -0.05) is 47.5 Å². The van der Waals surface area contributed by atoms with Crippen molar-refractivity contribution in [1.29, 1.82) is 0 Å². The van der Waals surface area contributed by atoms with Gasteiger partial charge in [-0.05, 0) is 30.3 Å². The van der Waals surface area contributed by atoms with Crippen LogP contribution in [-0.2, 0) is 4.74 Å². The van der Waals surface area contributed by atoms with E-state index in [2.05, 4.69) is 5.10 Å². The summed E-state index contributed by atoms with van der Waals surface area (Å²) in [5.41, 5.74) is 2.46. The molecule has 2 aromatic carbocycles. The molecule has 0 aliphatic carbocycles. The van der Waals surface area contributed by atoms with Crippen LogP contribution in [0.15, 0.2) is 54.6 Å². The van der Waals surface area contributed by atoms with Crippen molar-refractivity contribution in [2.24, 2.45) is 0 Å². The smallest absolute Gasteiger partial charge is 0.358 e. The minimum atomic E-state index is -0.508. The molecule has 0 radical (unpaired) electrons. The molecule has 3 aromatic rings. The van der Waals surface area contributed by atoms with E-state index in [9.17, 15) is 4.79 Å². The molecule has 0 atom stereocenters. The van der Waals surface area contributed by atoms with Gasteiger partial charge in [-0.3, -0.25) is 0 Å². The molecule has 6 heteroatoms. The Morgan fingerprint density at radius 2 is 1.78 bits per heavy atom. The fourth-order valence-corrected chi connectivity index (χ4v) is 2.56. The maximum atomic E-state index is 11.8. The number of benzene rings is 2. The molecule has 1 aromatic heterocycles. The summed E-state index contributed by atoms with van der Waals surface area (Å²) in [5, 5.41) is 5.50. The molecule has 0 N–H and O–H groups in total. The van der Waals surface area contributed by atoms with Crippen LogP contribution in [0, 0.1) is 0 Å². The average Bonchev–Trinajstić information content (AvgIpc) is 3.00. The Morgan fingerprint density at radius 1 is 1.09 bits per heavy atom. The van der Waals surface area contributed by atoms with Gasteiger partial charge in [0.05, 0.1) is 23.5 Å². The zero-order valence-electron chi connectivity index (χ0n) is 12.2. The van der Waals surface area contributed by atoms with Crippen molar-refractivity contribution in [1.82, 2.24) is 9.78 Å². The quantitative estimate of drug-likeness (QED) is 0.649. The summed E-state index contributed by atoms with van der Waals surface area (Å²) in [6.45, 7) is 0. The van der Waals surface area contributed by atoms with Gasteiger partial charge in [-0.15, -0.1) is 0 Å². The summed E-state index contributed by atoms with van der Waals surface area (Å²) in [7, 11) is 1.32. The standard InChI is InChI=1S/C17H12Cl2N2O2/c1-23-17(22)14-10-16(11-6-8-12(18)9-7-11)21(20-14)15-5-3-2-4-13(15)19/h2-10H,1H3. The van der Waals surface area contributed by atoms with Crippen molar-refractivity contribution in [2.45, 2.75) is 0 Å².